The third-order valence-electron chi connectivity index (χ3n) is 3.31. The Morgan fingerprint density at radius 3 is 2.88 bits per heavy atom. The molecule has 0 unspecified atom stereocenters. The van der Waals surface area contributed by atoms with Crippen LogP contribution in [0.15, 0.2) is 45.7 Å². The molecule has 0 aliphatic carbocycles. The van der Waals surface area contributed by atoms with Crippen molar-refractivity contribution in [3.63, 3.8) is 0 Å². The van der Waals surface area contributed by atoms with Gasteiger partial charge in [-0.25, -0.2) is 0 Å². The summed E-state index contributed by atoms with van der Waals surface area (Å²) < 4.78 is 12.5. The fourth-order valence-corrected chi connectivity index (χ4v) is 2.13. The monoisotopic (exact) mass is 332 g/mol. The summed E-state index contributed by atoms with van der Waals surface area (Å²) in [6.45, 7) is 6.38. The van der Waals surface area contributed by atoms with Crippen LogP contribution in [0.4, 0.5) is 0 Å². The van der Waals surface area contributed by atoms with Crippen LogP contribution in [0.1, 0.15) is 36.6 Å². The maximum atomic E-state index is 12.0. The van der Waals surface area contributed by atoms with Gasteiger partial charge in [0.2, 0.25) is 0 Å². The maximum Gasteiger partial charge on any atom is 0.286 e. The quantitative estimate of drug-likeness (QED) is 0.715. The van der Waals surface area contributed by atoms with Crippen LogP contribution in [0.5, 0.6) is 0 Å². The SMILES string of the molecule is CC(C)COCCCNC(=O)c1ccc(Cn2ccccc2=O)o1. The van der Waals surface area contributed by atoms with Gasteiger partial charge in [0.15, 0.2) is 5.76 Å². The lowest BCUT2D eigenvalue weighted by molar-refractivity contribution is 0.0898. The lowest BCUT2D eigenvalue weighted by Crippen LogP contribution is -2.25. The number of nitrogens with one attached hydrogen (secondary N) is 1. The second-order valence-electron chi connectivity index (χ2n) is 6.01. The molecule has 2 aromatic heterocycles. The van der Waals surface area contributed by atoms with Crippen LogP contribution in [0.2, 0.25) is 0 Å². The van der Waals surface area contributed by atoms with Gasteiger partial charge in [0.1, 0.15) is 5.76 Å². The molecule has 0 radical (unpaired) electrons. The maximum absolute atomic E-state index is 12.0. The molecule has 1 amide bonds. The zero-order valence-corrected chi connectivity index (χ0v) is 14.2. The summed E-state index contributed by atoms with van der Waals surface area (Å²) in [4.78, 5) is 23.7. The number of carbonyl (C=O) groups is 1. The number of furan rings is 1. The summed E-state index contributed by atoms with van der Waals surface area (Å²) >= 11 is 0. The Kier molecular flexibility index (Phi) is 6.81. The molecule has 2 heterocycles. The van der Waals surface area contributed by atoms with E-state index in [1.165, 1.54) is 10.6 Å². The molecule has 0 aliphatic rings. The fraction of sp³-hybridized carbons (Fsp3) is 0.444. The molecule has 0 saturated heterocycles. The van der Waals surface area contributed by atoms with E-state index in [1.54, 1.807) is 30.5 Å². The van der Waals surface area contributed by atoms with E-state index in [4.69, 9.17) is 9.15 Å². The van der Waals surface area contributed by atoms with Crippen molar-refractivity contribution in [2.45, 2.75) is 26.8 Å². The van der Waals surface area contributed by atoms with Crippen molar-refractivity contribution in [3.05, 3.63) is 58.4 Å². The first-order chi connectivity index (χ1) is 11.6. The number of ether oxygens (including phenoxy) is 1. The van der Waals surface area contributed by atoms with Crippen LogP contribution in [0, 0.1) is 5.92 Å². The summed E-state index contributed by atoms with van der Waals surface area (Å²) in [7, 11) is 0. The number of hydrogen-bond acceptors (Lipinski definition) is 4. The summed E-state index contributed by atoms with van der Waals surface area (Å²) in [6.07, 6.45) is 2.44. The van der Waals surface area contributed by atoms with Crippen LogP contribution < -0.4 is 10.9 Å². The van der Waals surface area contributed by atoms with Crippen molar-refractivity contribution in [3.8, 4) is 0 Å². The molecular weight excluding hydrogens is 308 g/mol. The Bertz CT molecular complexity index is 703. The molecule has 0 aliphatic heterocycles. The lowest BCUT2D eigenvalue weighted by atomic mass is 10.2. The van der Waals surface area contributed by atoms with Gasteiger partial charge >= 0.3 is 0 Å². The van der Waals surface area contributed by atoms with E-state index in [-0.39, 0.29) is 17.2 Å². The Hall–Kier alpha value is -2.34. The third-order valence-corrected chi connectivity index (χ3v) is 3.31. The zero-order valence-electron chi connectivity index (χ0n) is 14.2. The van der Waals surface area contributed by atoms with Crippen LogP contribution in [-0.2, 0) is 11.3 Å². The van der Waals surface area contributed by atoms with Crippen molar-refractivity contribution in [1.82, 2.24) is 9.88 Å². The summed E-state index contributed by atoms with van der Waals surface area (Å²) in [6, 6.07) is 8.27. The molecule has 6 nitrogen and oxygen atoms in total. The van der Waals surface area contributed by atoms with E-state index >= 15 is 0 Å². The fourth-order valence-electron chi connectivity index (χ4n) is 2.13. The van der Waals surface area contributed by atoms with Crippen LogP contribution in [0.3, 0.4) is 0 Å². The second-order valence-corrected chi connectivity index (χ2v) is 6.01. The first kappa shape index (κ1) is 18.0. The molecule has 0 bridgehead atoms. The average molecular weight is 332 g/mol. The second kappa shape index (κ2) is 9.08. The highest BCUT2D eigenvalue weighted by Crippen LogP contribution is 2.09. The minimum Gasteiger partial charge on any atom is -0.454 e. The van der Waals surface area contributed by atoms with Gasteiger partial charge in [0, 0.05) is 32.0 Å². The molecule has 0 aromatic carbocycles. The van der Waals surface area contributed by atoms with Gasteiger partial charge in [0.25, 0.3) is 11.5 Å². The largest absolute Gasteiger partial charge is 0.454 e. The number of hydrogen-bond donors (Lipinski definition) is 1. The first-order valence-corrected chi connectivity index (χ1v) is 8.16. The Morgan fingerprint density at radius 1 is 1.29 bits per heavy atom. The van der Waals surface area contributed by atoms with E-state index in [9.17, 15) is 9.59 Å². The Morgan fingerprint density at radius 2 is 2.12 bits per heavy atom. The van der Waals surface area contributed by atoms with E-state index in [1.807, 2.05) is 0 Å². The number of pyridine rings is 1. The number of amides is 1. The van der Waals surface area contributed by atoms with E-state index in [2.05, 4.69) is 19.2 Å². The molecule has 24 heavy (non-hydrogen) atoms. The van der Waals surface area contributed by atoms with E-state index in [0.717, 1.165) is 13.0 Å². The van der Waals surface area contributed by atoms with E-state index in [0.29, 0.717) is 31.4 Å². The predicted octanol–water partition coefficient (Wildman–Crippen LogP) is 2.28. The molecule has 0 spiro atoms. The van der Waals surface area contributed by atoms with Crippen molar-refractivity contribution >= 4 is 5.91 Å². The van der Waals surface area contributed by atoms with Crippen molar-refractivity contribution < 1.29 is 13.9 Å². The minimum absolute atomic E-state index is 0.110. The molecule has 1 N–H and O–H groups in total. The van der Waals surface area contributed by atoms with Gasteiger partial charge in [-0.3, -0.25) is 9.59 Å². The number of carbonyl (C=O) groups excluding carboxylic acids is 1. The highest BCUT2D eigenvalue weighted by atomic mass is 16.5. The Balaban J connectivity index is 1.77. The van der Waals surface area contributed by atoms with Gasteiger partial charge in [-0.15, -0.1) is 0 Å². The number of nitrogens with zero attached hydrogens (tertiary/aromatic N) is 1. The number of aromatic nitrogens is 1. The van der Waals surface area contributed by atoms with Crippen LogP contribution >= 0.6 is 0 Å². The molecular formula is C18H24N2O4. The standard InChI is InChI=1S/C18H24N2O4/c1-14(2)13-23-11-5-9-19-18(22)16-8-7-15(24-16)12-20-10-4-3-6-17(20)21/h3-4,6-8,10,14H,5,9,11-13H2,1-2H3,(H,19,22). The van der Waals surface area contributed by atoms with Gasteiger partial charge in [-0.05, 0) is 30.5 Å². The summed E-state index contributed by atoms with van der Waals surface area (Å²) in [5, 5.41) is 2.79. The third kappa shape index (κ3) is 5.70. The molecule has 0 atom stereocenters. The predicted molar refractivity (Wildman–Crippen MR) is 91.1 cm³/mol. The molecule has 0 fully saturated rings. The van der Waals surface area contributed by atoms with Crippen LogP contribution in [0.25, 0.3) is 0 Å². The summed E-state index contributed by atoms with van der Waals surface area (Å²) in [5.74, 6) is 1.06. The highest BCUT2D eigenvalue weighted by molar-refractivity contribution is 5.91. The molecule has 130 valence electrons. The topological polar surface area (TPSA) is 73.5 Å². The van der Waals surface area contributed by atoms with E-state index < -0.39 is 0 Å². The lowest BCUT2D eigenvalue weighted by Gasteiger charge is -2.07. The number of rotatable bonds is 9. The summed E-state index contributed by atoms with van der Waals surface area (Å²) in [5.41, 5.74) is -0.110. The van der Waals surface area contributed by atoms with Gasteiger partial charge in [-0.1, -0.05) is 19.9 Å². The highest BCUT2D eigenvalue weighted by Gasteiger charge is 2.11. The minimum atomic E-state index is -0.259. The van der Waals surface area contributed by atoms with Gasteiger partial charge in [-0.2, -0.15) is 0 Å². The van der Waals surface area contributed by atoms with Gasteiger partial charge in [0.05, 0.1) is 6.54 Å². The normalized spacial score (nSPS) is 11.0. The average Bonchev–Trinajstić information content (AvgIpc) is 3.01. The molecule has 6 heteroatoms. The molecule has 0 saturated carbocycles. The Labute approximate surface area is 141 Å². The van der Waals surface area contributed by atoms with Crippen molar-refractivity contribution in [2.24, 2.45) is 5.92 Å². The van der Waals surface area contributed by atoms with Gasteiger partial charge < -0.3 is 19.0 Å². The first-order valence-electron chi connectivity index (χ1n) is 8.16. The van der Waals surface area contributed by atoms with Crippen LogP contribution in [-0.4, -0.2) is 30.2 Å². The molecule has 2 aromatic rings. The van der Waals surface area contributed by atoms with Crippen molar-refractivity contribution in [2.75, 3.05) is 19.8 Å². The zero-order chi connectivity index (χ0) is 17.4. The van der Waals surface area contributed by atoms with Crippen molar-refractivity contribution in [1.29, 1.82) is 0 Å². The smallest absolute Gasteiger partial charge is 0.286 e. The molecule has 2 rings (SSSR count).